The van der Waals surface area contributed by atoms with Crippen LogP contribution in [0.2, 0.25) is 0 Å². The fraction of sp³-hybridized carbons (Fsp3) is 0.118. The number of benzene rings is 2. The highest BCUT2D eigenvalue weighted by molar-refractivity contribution is 6.06. The van der Waals surface area contributed by atoms with Crippen molar-refractivity contribution in [2.75, 3.05) is 0 Å². The third-order valence-corrected chi connectivity index (χ3v) is 3.62. The molecule has 0 saturated carbocycles. The van der Waals surface area contributed by atoms with Crippen molar-refractivity contribution >= 4 is 21.9 Å². The summed E-state index contributed by atoms with van der Waals surface area (Å²) in [4.78, 5) is 4.79. The summed E-state index contributed by atoms with van der Waals surface area (Å²) in [6.07, 6.45) is 0.872. The van der Waals surface area contributed by atoms with Crippen molar-refractivity contribution in [3.63, 3.8) is 0 Å². The molecule has 19 heavy (non-hydrogen) atoms. The maximum atomic E-state index is 6.05. The van der Waals surface area contributed by atoms with Crippen LogP contribution in [-0.4, -0.2) is 4.98 Å². The molecule has 2 heteroatoms. The Morgan fingerprint density at radius 3 is 2.53 bits per heavy atom. The lowest BCUT2D eigenvalue weighted by molar-refractivity contribution is 0.547. The van der Waals surface area contributed by atoms with Crippen LogP contribution in [0.1, 0.15) is 12.7 Å². The molecule has 0 radical (unpaired) electrons. The molecule has 2 aliphatic rings. The van der Waals surface area contributed by atoms with Crippen LogP contribution < -0.4 is 0 Å². The lowest BCUT2D eigenvalue weighted by atomic mass is 10.0. The third-order valence-electron chi connectivity index (χ3n) is 3.62. The number of aromatic nitrogens is 1. The zero-order chi connectivity index (χ0) is 12.8. The van der Waals surface area contributed by atoms with Crippen LogP contribution in [-0.2, 0) is 6.42 Å². The molecular formula is C17H13NO. The first-order chi connectivity index (χ1) is 9.38. The molecule has 0 atom stereocenters. The van der Waals surface area contributed by atoms with Crippen LogP contribution in [0.5, 0.6) is 0 Å². The third kappa shape index (κ3) is 1.40. The van der Waals surface area contributed by atoms with E-state index in [2.05, 4.69) is 31.2 Å². The minimum absolute atomic E-state index is 0.872. The molecule has 0 bridgehead atoms. The molecular weight excluding hydrogens is 234 g/mol. The fourth-order valence-corrected chi connectivity index (χ4v) is 2.75. The highest BCUT2D eigenvalue weighted by atomic mass is 16.3. The van der Waals surface area contributed by atoms with Crippen molar-refractivity contribution in [2.24, 2.45) is 0 Å². The van der Waals surface area contributed by atoms with E-state index >= 15 is 0 Å². The second-order valence-corrected chi connectivity index (χ2v) is 4.73. The molecule has 0 N–H and O–H groups in total. The van der Waals surface area contributed by atoms with Crippen LogP contribution in [0.3, 0.4) is 0 Å². The Balaban J connectivity index is 2.29. The standard InChI is InChI=1S/C17H13NO/c1-2-14-16-11-7-3-5-9-13(11)18-17(16)12-8-4-6-10-15(12)19-14/h3-10H,2H2,1H3. The molecule has 0 spiro atoms. The Morgan fingerprint density at radius 1 is 0.947 bits per heavy atom. The predicted octanol–water partition coefficient (Wildman–Crippen LogP) is 4.65. The summed E-state index contributed by atoms with van der Waals surface area (Å²) in [5, 5.41) is 2.27. The first-order valence-electron chi connectivity index (χ1n) is 6.57. The van der Waals surface area contributed by atoms with Gasteiger partial charge in [0.1, 0.15) is 11.3 Å². The van der Waals surface area contributed by atoms with E-state index in [1.807, 2.05) is 24.3 Å². The number of hydrogen-bond acceptors (Lipinski definition) is 2. The molecule has 0 saturated heterocycles. The molecule has 0 unspecified atom stereocenters. The van der Waals surface area contributed by atoms with Gasteiger partial charge in [0.25, 0.3) is 0 Å². The summed E-state index contributed by atoms with van der Waals surface area (Å²) < 4.78 is 6.05. The largest absolute Gasteiger partial charge is 0.460 e. The molecule has 2 aromatic rings. The number of fused-ring (bicyclic) bond motifs is 5. The summed E-state index contributed by atoms with van der Waals surface area (Å²) >= 11 is 0. The normalized spacial score (nSPS) is 11.6. The zero-order valence-corrected chi connectivity index (χ0v) is 10.7. The summed E-state index contributed by atoms with van der Waals surface area (Å²) in [5.41, 5.74) is 4.17. The molecule has 0 aliphatic carbocycles. The Bertz CT molecular complexity index is 860. The first-order valence-corrected chi connectivity index (χ1v) is 6.57. The van der Waals surface area contributed by atoms with Crippen molar-refractivity contribution in [3.05, 3.63) is 54.3 Å². The van der Waals surface area contributed by atoms with Gasteiger partial charge < -0.3 is 4.42 Å². The first kappa shape index (κ1) is 10.6. The van der Waals surface area contributed by atoms with Crippen LogP contribution in [0, 0.1) is 0 Å². The van der Waals surface area contributed by atoms with Gasteiger partial charge in [-0.25, -0.2) is 4.98 Å². The molecule has 2 aliphatic heterocycles. The van der Waals surface area contributed by atoms with Gasteiger partial charge in [0.2, 0.25) is 0 Å². The summed E-state index contributed by atoms with van der Waals surface area (Å²) in [6.45, 7) is 2.12. The molecule has 2 heterocycles. The Kier molecular flexibility index (Phi) is 2.12. The van der Waals surface area contributed by atoms with Gasteiger partial charge in [-0.15, -0.1) is 0 Å². The number of para-hydroxylation sites is 2. The summed E-state index contributed by atoms with van der Waals surface area (Å²) in [7, 11) is 0. The number of aryl methyl sites for hydroxylation is 1. The second kappa shape index (κ2) is 3.82. The Labute approximate surface area is 111 Å². The maximum absolute atomic E-state index is 6.05. The van der Waals surface area contributed by atoms with Crippen molar-refractivity contribution in [2.45, 2.75) is 13.3 Å². The van der Waals surface area contributed by atoms with E-state index in [0.717, 1.165) is 39.9 Å². The van der Waals surface area contributed by atoms with Gasteiger partial charge in [-0.1, -0.05) is 37.3 Å². The van der Waals surface area contributed by atoms with Gasteiger partial charge in [-0.2, -0.15) is 0 Å². The van der Waals surface area contributed by atoms with Gasteiger partial charge in [0.15, 0.2) is 0 Å². The Hall–Kier alpha value is -2.35. The van der Waals surface area contributed by atoms with Gasteiger partial charge in [0.05, 0.1) is 11.2 Å². The van der Waals surface area contributed by atoms with Gasteiger partial charge in [-0.3, -0.25) is 0 Å². The Morgan fingerprint density at radius 2 is 1.68 bits per heavy atom. The minimum Gasteiger partial charge on any atom is -0.460 e. The second-order valence-electron chi connectivity index (χ2n) is 4.73. The molecule has 0 aromatic heterocycles. The minimum atomic E-state index is 0.872. The van der Waals surface area contributed by atoms with E-state index in [9.17, 15) is 0 Å². The monoisotopic (exact) mass is 247 g/mol. The van der Waals surface area contributed by atoms with Crippen molar-refractivity contribution < 1.29 is 4.42 Å². The van der Waals surface area contributed by atoms with E-state index in [1.165, 1.54) is 5.39 Å². The fourth-order valence-electron chi connectivity index (χ4n) is 2.75. The zero-order valence-electron chi connectivity index (χ0n) is 10.7. The SMILES string of the molecule is CCc1oc2ccccc2c2nc3ccccc3c1-2. The van der Waals surface area contributed by atoms with Gasteiger partial charge >= 0.3 is 0 Å². The van der Waals surface area contributed by atoms with Crippen molar-refractivity contribution in [1.29, 1.82) is 0 Å². The molecule has 0 amide bonds. The molecule has 92 valence electrons. The average molecular weight is 247 g/mol. The van der Waals surface area contributed by atoms with E-state index in [-0.39, 0.29) is 0 Å². The van der Waals surface area contributed by atoms with Gasteiger partial charge in [0, 0.05) is 22.8 Å². The van der Waals surface area contributed by atoms with Crippen LogP contribution in [0.15, 0.2) is 52.9 Å². The summed E-state index contributed by atoms with van der Waals surface area (Å²) in [6, 6.07) is 16.4. The average Bonchev–Trinajstić information content (AvgIpc) is 2.86. The highest BCUT2D eigenvalue weighted by Gasteiger charge is 2.20. The van der Waals surface area contributed by atoms with E-state index < -0.39 is 0 Å². The maximum Gasteiger partial charge on any atom is 0.136 e. The lowest BCUT2D eigenvalue weighted by Crippen LogP contribution is -1.89. The van der Waals surface area contributed by atoms with E-state index in [4.69, 9.17) is 9.40 Å². The molecule has 4 rings (SSSR count). The van der Waals surface area contributed by atoms with E-state index in [0.29, 0.717) is 0 Å². The van der Waals surface area contributed by atoms with Crippen LogP contribution in [0.4, 0.5) is 0 Å². The molecule has 2 aromatic carbocycles. The van der Waals surface area contributed by atoms with E-state index in [1.54, 1.807) is 0 Å². The van der Waals surface area contributed by atoms with Gasteiger partial charge in [-0.05, 0) is 18.2 Å². The van der Waals surface area contributed by atoms with Crippen LogP contribution in [0.25, 0.3) is 33.1 Å². The lowest BCUT2D eigenvalue weighted by Gasteiger charge is -2.08. The topological polar surface area (TPSA) is 26.0 Å². The number of nitrogens with zero attached hydrogens (tertiary/aromatic N) is 1. The van der Waals surface area contributed by atoms with Crippen molar-refractivity contribution in [3.8, 4) is 11.3 Å². The predicted molar refractivity (Wildman–Crippen MR) is 77.5 cm³/mol. The number of rotatable bonds is 1. The molecule has 0 fully saturated rings. The van der Waals surface area contributed by atoms with Crippen molar-refractivity contribution in [1.82, 2.24) is 4.98 Å². The highest BCUT2D eigenvalue weighted by Crippen LogP contribution is 2.39. The summed E-state index contributed by atoms with van der Waals surface area (Å²) in [5.74, 6) is 1.02. The van der Waals surface area contributed by atoms with Crippen LogP contribution >= 0.6 is 0 Å². The smallest absolute Gasteiger partial charge is 0.136 e. The molecule has 2 nitrogen and oxygen atoms in total. The number of hydrogen-bond donors (Lipinski definition) is 0. The quantitative estimate of drug-likeness (QED) is 0.489.